The van der Waals surface area contributed by atoms with Gasteiger partial charge in [0.05, 0.1) is 19.2 Å². The molecule has 0 spiro atoms. The third-order valence-electron chi connectivity index (χ3n) is 8.62. The van der Waals surface area contributed by atoms with E-state index in [4.69, 9.17) is 4.74 Å². The minimum atomic E-state index is -0.935. The molecule has 7 nitrogen and oxygen atoms in total. The van der Waals surface area contributed by atoms with E-state index >= 15 is 0 Å². The number of rotatable bonds is 7. The van der Waals surface area contributed by atoms with Crippen molar-refractivity contribution in [1.29, 1.82) is 0 Å². The number of amides is 2. The van der Waals surface area contributed by atoms with E-state index in [2.05, 4.69) is 10.2 Å². The molecule has 1 aromatic heterocycles. The Hall–Kier alpha value is -2.54. The SMILES string of the molecule is COc1ccc2cc3n(c2c1)CC(C)(C(=O)NC1CCCCC1)N(CCCN1CCCCCC1)C3=O. The average Bonchev–Trinajstić information content (AvgIpc) is 3.05. The summed E-state index contributed by atoms with van der Waals surface area (Å²) in [4.78, 5) is 32.3. The van der Waals surface area contributed by atoms with Crippen LogP contribution in [0.1, 0.15) is 81.6 Å². The predicted octanol–water partition coefficient (Wildman–Crippen LogP) is 4.58. The maximum atomic E-state index is 14.0. The maximum absolute atomic E-state index is 14.0. The summed E-state index contributed by atoms with van der Waals surface area (Å²) in [6.07, 6.45) is 11.6. The lowest BCUT2D eigenvalue weighted by Gasteiger charge is -2.45. The van der Waals surface area contributed by atoms with Crippen molar-refractivity contribution in [3.05, 3.63) is 30.0 Å². The van der Waals surface area contributed by atoms with Crippen LogP contribution in [0.2, 0.25) is 0 Å². The van der Waals surface area contributed by atoms with E-state index in [9.17, 15) is 9.59 Å². The molecule has 1 aromatic carbocycles. The van der Waals surface area contributed by atoms with E-state index in [0.717, 1.165) is 68.4 Å². The highest BCUT2D eigenvalue weighted by Gasteiger charge is 2.48. The minimum Gasteiger partial charge on any atom is -0.497 e. The first-order valence-corrected chi connectivity index (χ1v) is 14.0. The van der Waals surface area contributed by atoms with Gasteiger partial charge in [-0.25, -0.2) is 0 Å². The van der Waals surface area contributed by atoms with Gasteiger partial charge in [0.15, 0.2) is 0 Å². The first kappa shape index (κ1) is 25.1. The van der Waals surface area contributed by atoms with Gasteiger partial charge >= 0.3 is 0 Å². The zero-order chi connectivity index (χ0) is 25.1. The van der Waals surface area contributed by atoms with Crippen LogP contribution in [0.15, 0.2) is 24.3 Å². The molecule has 3 heterocycles. The van der Waals surface area contributed by atoms with Crippen LogP contribution in [0.25, 0.3) is 10.9 Å². The first-order chi connectivity index (χ1) is 17.5. The monoisotopic (exact) mass is 494 g/mol. The summed E-state index contributed by atoms with van der Waals surface area (Å²) in [6.45, 7) is 6.27. The van der Waals surface area contributed by atoms with Gasteiger partial charge in [0.1, 0.15) is 17.0 Å². The molecule has 1 aliphatic carbocycles. The molecular weight excluding hydrogens is 452 g/mol. The van der Waals surface area contributed by atoms with Gasteiger partial charge in [-0.3, -0.25) is 9.59 Å². The van der Waals surface area contributed by atoms with Crippen LogP contribution in [0, 0.1) is 0 Å². The Balaban J connectivity index is 1.42. The number of nitrogens with zero attached hydrogens (tertiary/aromatic N) is 3. The number of aromatic nitrogens is 1. The third-order valence-corrected chi connectivity index (χ3v) is 8.62. The number of hydrogen-bond donors (Lipinski definition) is 1. The fourth-order valence-electron chi connectivity index (χ4n) is 6.41. The van der Waals surface area contributed by atoms with Gasteiger partial charge < -0.3 is 24.4 Å². The molecule has 2 amide bonds. The van der Waals surface area contributed by atoms with E-state index in [-0.39, 0.29) is 17.9 Å². The molecule has 1 saturated carbocycles. The van der Waals surface area contributed by atoms with Gasteiger partial charge in [-0.05, 0) is 76.9 Å². The molecule has 0 bridgehead atoms. The topological polar surface area (TPSA) is 66.8 Å². The molecule has 1 saturated heterocycles. The number of carbonyl (C=O) groups is 2. The predicted molar refractivity (Wildman–Crippen MR) is 142 cm³/mol. The molecule has 5 rings (SSSR count). The fraction of sp³-hybridized carbons (Fsp3) is 0.655. The summed E-state index contributed by atoms with van der Waals surface area (Å²) < 4.78 is 7.49. The molecule has 1 N–H and O–H groups in total. The first-order valence-electron chi connectivity index (χ1n) is 14.0. The Labute approximate surface area is 215 Å². The van der Waals surface area contributed by atoms with Gasteiger partial charge in [0, 0.05) is 24.0 Å². The summed E-state index contributed by atoms with van der Waals surface area (Å²) in [6, 6.07) is 8.07. The number of carbonyl (C=O) groups excluding carboxylic acids is 2. The molecule has 36 heavy (non-hydrogen) atoms. The summed E-state index contributed by atoms with van der Waals surface area (Å²) in [5, 5.41) is 4.34. The highest BCUT2D eigenvalue weighted by molar-refractivity contribution is 6.03. The van der Waals surface area contributed by atoms with Gasteiger partial charge in [-0.15, -0.1) is 0 Å². The van der Waals surface area contributed by atoms with Crippen LogP contribution < -0.4 is 10.1 Å². The molecule has 1 atom stereocenters. The average molecular weight is 495 g/mol. The summed E-state index contributed by atoms with van der Waals surface area (Å²) in [5.41, 5.74) is 0.671. The lowest BCUT2D eigenvalue weighted by Crippen LogP contribution is -2.65. The minimum absolute atomic E-state index is 0.0204. The van der Waals surface area contributed by atoms with Crippen molar-refractivity contribution in [1.82, 2.24) is 19.7 Å². The number of nitrogens with one attached hydrogen (secondary N) is 1. The molecular formula is C29H42N4O3. The second-order valence-corrected chi connectivity index (χ2v) is 11.2. The van der Waals surface area contributed by atoms with E-state index in [1.54, 1.807) is 7.11 Å². The van der Waals surface area contributed by atoms with E-state index in [0.29, 0.717) is 18.8 Å². The van der Waals surface area contributed by atoms with Crippen molar-refractivity contribution in [2.75, 3.05) is 33.3 Å². The third kappa shape index (κ3) is 4.99. The van der Waals surface area contributed by atoms with Crippen LogP contribution >= 0.6 is 0 Å². The van der Waals surface area contributed by atoms with Crippen molar-refractivity contribution in [2.45, 2.75) is 89.3 Å². The van der Waals surface area contributed by atoms with Crippen molar-refractivity contribution in [3.63, 3.8) is 0 Å². The van der Waals surface area contributed by atoms with Crippen LogP contribution in [0.5, 0.6) is 5.75 Å². The fourth-order valence-corrected chi connectivity index (χ4v) is 6.41. The lowest BCUT2D eigenvalue weighted by molar-refractivity contribution is -0.133. The lowest BCUT2D eigenvalue weighted by atomic mass is 9.91. The molecule has 2 fully saturated rings. The summed E-state index contributed by atoms with van der Waals surface area (Å²) in [5.74, 6) is 0.686. The normalized spacial score (nSPS) is 23.9. The van der Waals surface area contributed by atoms with E-state index in [1.807, 2.05) is 40.7 Å². The molecule has 7 heteroatoms. The van der Waals surface area contributed by atoms with E-state index < -0.39 is 5.54 Å². The molecule has 2 aliphatic heterocycles. The zero-order valence-electron chi connectivity index (χ0n) is 22.1. The van der Waals surface area contributed by atoms with E-state index in [1.165, 1.54) is 32.1 Å². The standard InChI is InChI=1S/C29H42N4O3/c1-29(28(35)30-23-11-6-5-7-12-23)21-32-25-20-24(36-2)14-13-22(25)19-26(32)27(34)33(29)18-10-17-31-15-8-3-4-9-16-31/h13-14,19-20,23H,3-12,15-18,21H2,1-2H3,(H,30,35). The number of ether oxygens (including phenoxy) is 1. The number of hydrogen-bond acceptors (Lipinski definition) is 4. The number of methoxy groups -OCH3 is 1. The van der Waals surface area contributed by atoms with Crippen LogP contribution in [-0.2, 0) is 11.3 Å². The van der Waals surface area contributed by atoms with Crippen molar-refractivity contribution in [2.24, 2.45) is 0 Å². The Morgan fingerprint density at radius 2 is 1.75 bits per heavy atom. The summed E-state index contributed by atoms with van der Waals surface area (Å²) >= 11 is 0. The number of likely N-dealkylation sites (tertiary alicyclic amines) is 1. The Bertz CT molecular complexity index is 1080. The second-order valence-electron chi connectivity index (χ2n) is 11.2. The van der Waals surface area contributed by atoms with Gasteiger partial charge in [0.25, 0.3) is 5.91 Å². The van der Waals surface area contributed by atoms with Gasteiger partial charge in [-0.2, -0.15) is 0 Å². The Morgan fingerprint density at radius 3 is 2.47 bits per heavy atom. The number of benzene rings is 1. The highest BCUT2D eigenvalue weighted by atomic mass is 16.5. The quantitative estimate of drug-likeness (QED) is 0.612. The largest absolute Gasteiger partial charge is 0.497 e. The van der Waals surface area contributed by atoms with Gasteiger partial charge in [0.2, 0.25) is 5.91 Å². The van der Waals surface area contributed by atoms with Crippen LogP contribution in [0.3, 0.4) is 0 Å². The Kier molecular flexibility index (Phi) is 7.56. The van der Waals surface area contributed by atoms with Crippen molar-refractivity contribution >= 4 is 22.7 Å². The van der Waals surface area contributed by atoms with Crippen LogP contribution in [-0.4, -0.2) is 71.1 Å². The zero-order valence-corrected chi connectivity index (χ0v) is 22.1. The molecule has 0 radical (unpaired) electrons. The molecule has 196 valence electrons. The smallest absolute Gasteiger partial charge is 0.271 e. The van der Waals surface area contributed by atoms with Crippen molar-refractivity contribution < 1.29 is 14.3 Å². The maximum Gasteiger partial charge on any atom is 0.271 e. The van der Waals surface area contributed by atoms with Crippen molar-refractivity contribution in [3.8, 4) is 5.75 Å². The molecule has 3 aliphatic rings. The highest BCUT2D eigenvalue weighted by Crippen LogP contribution is 2.34. The summed E-state index contributed by atoms with van der Waals surface area (Å²) in [7, 11) is 1.65. The van der Waals surface area contributed by atoms with Crippen LogP contribution in [0.4, 0.5) is 0 Å². The number of fused-ring (bicyclic) bond motifs is 3. The molecule has 1 unspecified atom stereocenters. The second kappa shape index (κ2) is 10.8. The molecule has 2 aromatic rings. The Morgan fingerprint density at radius 1 is 1.03 bits per heavy atom. The van der Waals surface area contributed by atoms with Gasteiger partial charge in [-0.1, -0.05) is 32.1 Å².